The molecule has 0 aliphatic heterocycles. The Kier molecular flexibility index (Phi) is 2.56. The van der Waals surface area contributed by atoms with Gasteiger partial charge >= 0.3 is 0 Å². The first-order valence-corrected chi connectivity index (χ1v) is 3.38. The molecule has 0 saturated heterocycles. The molecule has 0 saturated carbocycles. The van der Waals surface area contributed by atoms with Gasteiger partial charge in [-0.3, -0.25) is 0 Å². The summed E-state index contributed by atoms with van der Waals surface area (Å²) in [6.45, 7) is 0.990. The maximum absolute atomic E-state index is 5.30. The van der Waals surface area contributed by atoms with E-state index in [4.69, 9.17) is 10.3 Å². The Bertz CT molecular complexity index is 220. The van der Waals surface area contributed by atoms with Crippen LogP contribution in [-0.4, -0.2) is 29.1 Å². The summed E-state index contributed by atoms with van der Waals surface area (Å²) in [6.07, 6.45) is 0. The zero-order valence-electron chi connectivity index (χ0n) is 6.74. The van der Waals surface area contributed by atoms with E-state index >= 15 is 0 Å². The maximum atomic E-state index is 5.30. The van der Waals surface area contributed by atoms with Crippen LogP contribution in [0.3, 0.4) is 0 Å². The van der Waals surface area contributed by atoms with E-state index in [-0.39, 0.29) is 0 Å². The lowest BCUT2D eigenvalue weighted by molar-refractivity contribution is 0.301. The Hall–Kier alpha value is -0.940. The molecule has 0 atom stereocenters. The van der Waals surface area contributed by atoms with E-state index in [1.807, 2.05) is 19.0 Å². The van der Waals surface area contributed by atoms with Crippen molar-refractivity contribution >= 4 is 0 Å². The van der Waals surface area contributed by atoms with Crippen LogP contribution in [0.25, 0.3) is 0 Å². The highest BCUT2D eigenvalue weighted by Gasteiger charge is 2.04. The molecule has 0 unspecified atom stereocenters. The SMILES string of the molecule is CN(C)Cc1nc(CN)no1. The highest BCUT2D eigenvalue weighted by molar-refractivity contribution is 4.84. The summed E-state index contributed by atoms with van der Waals surface area (Å²) in [5, 5.41) is 3.65. The molecular formula is C6H12N4O. The van der Waals surface area contributed by atoms with Gasteiger partial charge in [0, 0.05) is 0 Å². The minimum atomic E-state index is 0.330. The van der Waals surface area contributed by atoms with Crippen LogP contribution in [0.2, 0.25) is 0 Å². The monoisotopic (exact) mass is 156 g/mol. The number of nitrogens with zero attached hydrogens (tertiary/aromatic N) is 3. The van der Waals surface area contributed by atoms with Crippen molar-refractivity contribution in [2.75, 3.05) is 14.1 Å². The molecule has 1 aromatic rings. The van der Waals surface area contributed by atoms with Crippen molar-refractivity contribution in [3.05, 3.63) is 11.7 Å². The lowest BCUT2D eigenvalue weighted by Gasteiger charge is -2.02. The van der Waals surface area contributed by atoms with E-state index in [0.29, 0.717) is 24.8 Å². The van der Waals surface area contributed by atoms with Crippen molar-refractivity contribution in [3.63, 3.8) is 0 Å². The largest absolute Gasteiger partial charge is 0.338 e. The van der Waals surface area contributed by atoms with Gasteiger partial charge in [0.05, 0.1) is 13.1 Å². The summed E-state index contributed by atoms with van der Waals surface area (Å²) in [5.74, 6) is 1.16. The van der Waals surface area contributed by atoms with Gasteiger partial charge in [-0.1, -0.05) is 5.16 Å². The van der Waals surface area contributed by atoms with Gasteiger partial charge in [0.1, 0.15) is 0 Å². The second kappa shape index (κ2) is 3.45. The molecule has 11 heavy (non-hydrogen) atoms. The molecule has 0 aromatic carbocycles. The second-order valence-corrected chi connectivity index (χ2v) is 2.55. The molecule has 0 radical (unpaired) electrons. The smallest absolute Gasteiger partial charge is 0.240 e. The summed E-state index contributed by atoms with van der Waals surface area (Å²) in [6, 6.07) is 0. The molecule has 62 valence electrons. The third kappa shape index (κ3) is 2.28. The molecule has 0 aliphatic carbocycles. The summed E-state index contributed by atoms with van der Waals surface area (Å²) in [4.78, 5) is 5.98. The fourth-order valence-electron chi connectivity index (χ4n) is 0.708. The van der Waals surface area contributed by atoms with E-state index in [9.17, 15) is 0 Å². The Labute approximate surface area is 65.2 Å². The quantitative estimate of drug-likeness (QED) is 0.644. The first-order chi connectivity index (χ1) is 5.22. The molecule has 0 amide bonds. The molecule has 0 bridgehead atoms. The average molecular weight is 156 g/mol. The molecule has 0 fully saturated rings. The highest BCUT2D eigenvalue weighted by Crippen LogP contribution is 1.98. The first kappa shape index (κ1) is 8.16. The maximum Gasteiger partial charge on any atom is 0.240 e. The van der Waals surface area contributed by atoms with Crippen molar-refractivity contribution in [2.24, 2.45) is 5.73 Å². The Morgan fingerprint density at radius 1 is 1.55 bits per heavy atom. The number of rotatable bonds is 3. The van der Waals surface area contributed by atoms with Crippen LogP contribution < -0.4 is 5.73 Å². The molecule has 1 rings (SSSR count). The van der Waals surface area contributed by atoms with Gasteiger partial charge in [0.2, 0.25) is 5.89 Å². The van der Waals surface area contributed by atoms with Gasteiger partial charge in [-0.25, -0.2) is 0 Å². The van der Waals surface area contributed by atoms with Crippen LogP contribution in [0.4, 0.5) is 0 Å². The fraction of sp³-hybridized carbons (Fsp3) is 0.667. The van der Waals surface area contributed by atoms with Crippen LogP contribution in [0.15, 0.2) is 4.52 Å². The summed E-state index contributed by atoms with van der Waals surface area (Å²) in [7, 11) is 3.87. The van der Waals surface area contributed by atoms with E-state index in [1.165, 1.54) is 0 Å². The summed E-state index contributed by atoms with van der Waals surface area (Å²) in [5.41, 5.74) is 5.30. The average Bonchev–Trinajstić information content (AvgIpc) is 2.34. The predicted octanol–water partition coefficient (Wildman–Crippen LogP) is -0.410. The van der Waals surface area contributed by atoms with E-state index in [2.05, 4.69) is 10.1 Å². The highest BCUT2D eigenvalue weighted by atomic mass is 16.5. The molecule has 2 N–H and O–H groups in total. The van der Waals surface area contributed by atoms with Crippen molar-refractivity contribution < 1.29 is 4.52 Å². The second-order valence-electron chi connectivity index (χ2n) is 2.55. The van der Waals surface area contributed by atoms with Crippen molar-refractivity contribution in [2.45, 2.75) is 13.1 Å². The predicted molar refractivity (Wildman–Crippen MR) is 39.6 cm³/mol. The van der Waals surface area contributed by atoms with Gasteiger partial charge in [0.25, 0.3) is 0 Å². The van der Waals surface area contributed by atoms with Gasteiger partial charge in [-0.05, 0) is 14.1 Å². The minimum absolute atomic E-state index is 0.330. The van der Waals surface area contributed by atoms with E-state index < -0.39 is 0 Å². The zero-order chi connectivity index (χ0) is 8.27. The summed E-state index contributed by atoms with van der Waals surface area (Å²) < 4.78 is 4.88. The van der Waals surface area contributed by atoms with Crippen LogP contribution in [0, 0.1) is 0 Å². The van der Waals surface area contributed by atoms with E-state index in [1.54, 1.807) is 0 Å². The van der Waals surface area contributed by atoms with Crippen LogP contribution in [0.1, 0.15) is 11.7 Å². The fourth-order valence-corrected chi connectivity index (χ4v) is 0.708. The van der Waals surface area contributed by atoms with Gasteiger partial charge < -0.3 is 15.2 Å². The molecular weight excluding hydrogens is 144 g/mol. The number of hydrogen-bond acceptors (Lipinski definition) is 5. The molecule has 1 aromatic heterocycles. The minimum Gasteiger partial charge on any atom is -0.338 e. The number of aromatic nitrogens is 2. The van der Waals surface area contributed by atoms with Crippen LogP contribution in [0.5, 0.6) is 0 Å². The van der Waals surface area contributed by atoms with Crippen molar-refractivity contribution in [3.8, 4) is 0 Å². The zero-order valence-corrected chi connectivity index (χ0v) is 6.74. The third-order valence-electron chi connectivity index (χ3n) is 1.14. The number of hydrogen-bond donors (Lipinski definition) is 1. The molecule has 5 nitrogen and oxygen atoms in total. The summed E-state index contributed by atoms with van der Waals surface area (Å²) >= 11 is 0. The Morgan fingerprint density at radius 3 is 2.73 bits per heavy atom. The number of nitrogens with two attached hydrogens (primary N) is 1. The lowest BCUT2D eigenvalue weighted by Crippen LogP contribution is -2.11. The van der Waals surface area contributed by atoms with Crippen molar-refractivity contribution in [1.29, 1.82) is 0 Å². The van der Waals surface area contributed by atoms with Gasteiger partial charge in [-0.2, -0.15) is 4.98 Å². The van der Waals surface area contributed by atoms with Crippen LogP contribution >= 0.6 is 0 Å². The van der Waals surface area contributed by atoms with Gasteiger partial charge in [0.15, 0.2) is 5.82 Å². The van der Waals surface area contributed by atoms with Gasteiger partial charge in [-0.15, -0.1) is 0 Å². The first-order valence-electron chi connectivity index (χ1n) is 3.38. The standard InChI is InChI=1S/C6H12N4O/c1-10(2)4-6-8-5(3-7)9-11-6/h3-4,7H2,1-2H3. The molecule has 0 spiro atoms. The molecule has 5 heteroatoms. The topological polar surface area (TPSA) is 68.2 Å². The lowest BCUT2D eigenvalue weighted by atomic mass is 10.6. The van der Waals surface area contributed by atoms with Crippen LogP contribution in [-0.2, 0) is 13.1 Å². The van der Waals surface area contributed by atoms with E-state index in [0.717, 1.165) is 0 Å². The van der Waals surface area contributed by atoms with Crippen molar-refractivity contribution in [1.82, 2.24) is 15.0 Å². The molecule has 1 heterocycles. The Morgan fingerprint density at radius 2 is 2.27 bits per heavy atom. The third-order valence-corrected chi connectivity index (χ3v) is 1.14. The molecule has 0 aliphatic rings. The normalized spacial score (nSPS) is 10.9. The Balaban J connectivity index is 2.58.